The van der Waals surface area contributed by atoms with Gasteiger partial charge in [-0.2, -0.15) is 0 Å². The van der Waals surface area contributed by atoms with Crippen LogP contribution >= 0.6 is 23.4 Å². The Balaban J connectivity index is 1.48. The van der Waals surface area contributed by atoms with Crippen LogP contribution in [0.15, 0.2) is 47.4 Å². The lowest BCUT2D eigenvalue weighted by Gasteiger charge is -2.18. The molecule has 0 N–H and O–H groups in total. The molecule has 130 valence electrons. The molecule has 0 spiro atoms. The van der Waals surface area contributed by atoms with Gasteiger partial charge in [-0.05, 0) is 42.5 Å². The first-order chi connectivity index (χ1) is 12.1. The van der Waals surface area contributed by atoms with Crippen LogP contribution in [-0.4, -0.2) is 37.3 Å². The van der Waals surface area contributed by atoms with Gasteiger partial charge in [-0.3, -0.25) is 9.59 Å². The van der Waals surface area contributed by atoms with E-state index in [1.807, 2.05) is 12.1 Å². The van der Waals surface area contributed by atoms with Crippen LogP contribution in [0.3, 0.4) is 0 Å². The minimum Gasteiger partial charge on any atom is -0.486 e. The number of carbonyl (C=O) groups excluding carboxylic acids is 2. The van der Waals surface area contributed by atoms with Gasteiger partial charge in [0.05, 0.1) is 5.75 Å². The molecule has 1 heterocycles. The maximum absolute atomic E-state index is 12.2. The summed E-state index contributed by atoms with van der Waals surface area (Å²) in [7, 11) is 0. The molecular weight excluding hydrogens is 364 g/mol. The number of halogens is 1. The number of rotatable bonds is 6. The Morgan fingerprint density at radius 2 is 1.76 bits per heavy atom. The summed E-state index contributed by atoms with van der Waals surface area (Å²) in [4.78, 5) is 24.8. The first kappa shape index (κ1) is 17.6. The molecular formula is C18H15ClO5S. The number of esters is 1. The summed E-state index contributed by atoms with van der Waals surface area (Å²) in [5, 5.41) is 0.636. The van der Waals surface area contributed by atoms with Crippen molar-refractivity contribution < 1.29 is 23.8 Å². The van der Waals surface area contributed by atoms with Gasteiger partial charge in [0, 0.05) is 15.5 Å². The van der Waals surface area contributed by atoms with E-state index in [-0.39, 0.29) is 18.1 Å². The third kappa shape index (κ3) is 4.90. The van der Waals surface area contributed by atoms with Gasteiger partial charge in [0.1, 0.15) is 13.2 Å². The zero-order valence-corrected chi connectivity index (χ0v) is 14.8. The zero-order valence-electron chi connectivity index (χ0n) is 13.2. The molecule has 0 unspecified atom stereocenters. The quantitative estimate of drug-likeness (QED) is 0.434. The number of hydrogen-bond acceptors (Lipinski definition) is 6. The van der Waals surface area contributed by atoms with Crippen LogP contribution in [0, 0.1) is 0 Å². The van der Waals surface area contributed by atoms with Crippen molar-refractivity contribution in [3.63, 3.8) is 0 Å². The SMILES string of the molecule is O=C(CSc1ccc(Cl)cc1)OCC(=O)c1ccc2c(c1)OCCO2. The maximum atomic E-state index is 12.2. The summed E-state index contributed by atoms with van der Waals surface area (Å²) >= 11 is 7.13. The second kappa shape index (κ2) is 8.27. The van der Waals surface area contributed by atoms with Crippen molar-refractivity contribution in [1.29, 1.82) is 0 Å². The molecule has 0 atom stereocenters. The number of hydrogen-bond donors (Lipinski definition) is 0. The number of Topliss-reactive ketones (excluding diaryl/α,β-unsaturated/α-hetero) is 1. The summed E-state index contributed by atoms with van der Waals surface area (Å²) in [5.74, 6) is 0.518. The Hall–Kier alpha value is -2.18. The van der Waals surface area contributed by atoms with E-state index in [1.54, 1.807) is 30.3 Å². The van der Waals surface area contributed by atoms with Crippen LogP contribution < -0.4 is 9.47 Å². The Labute approximate surface area is 154 Å². The molecule has 0 saturated carbocycles. The summed E-state index contributed by atoms with van der Waals surface area (Å²) in [6.07, 6.45) is 0. The van der Waals surface area contributed by atoms with Crippen LogP contribution in [0.5, 0.6) is 11.5 Å². The highest BCUT2D eigenvalue weighted by Crippen LogP contribution is 2.30. The van der Waals surface area contributed by atoms with E-state index in [0.717, 1.165) is 4.90 Å². The number of carbonyl (C=O) groups is 2. The normalized spacial score (nSPS) is 12.5. The van der Waals surface area contributed by atoms with Crippen LogP contribution in [-0.2, 0) is 9.53 Å². The highest BCUT2D eigenvalue weighted by molar-refractivity contribution is 8.00. The van der Waals surface area contributed by atoms with E-state index >= 15 is 0 Å². The number of ether oxygens (including phenoxy) is 3. The minimum atomic E-state index is -0.453. The lowest BCUT2D eigenvalue weighted by atomic mass is 10.1. The van der Waals surface area contributed by atoms with Gasteiger partial charge in [0.15, 0.2) is 23.9 Å². The minimum absolute atomic E-state index is 0.121. The lowest BCUT2D eigenvalue weighted by molar-refractivity contribution is -0.139. The largest absolute Gasteiger partial charge is 0.486 e. The van der Waals surface area contributed by atoms with Crippen molar-refractivity contribution in [3.8, 4) is 11.5 Å². The van der Waals surface area contributed by atoms with Gasteiger partial charge in [-0.15, -0.1) is 11.8 Å². The van der Waals surface area contributed by atoms with Crippen molar-refractivity contribution in [2.24, 2.45) is 0 Å². The molecule has 0 aromatic heterocycles. The Bertz CT molecular complexity index is 776. The molecule has 0 amide bonds. The third-order valence-electron chi connectivity index (χ3n) is 3.40. The molecule has 0 bridgehead atoms. The maximum Gasteiger partial charge on any atom is 0.316 e. The van der Waals surface area contributed by atoms with Gasteiger partial charge in [-0.1, -0.05) is 11.6 Å². The highest BCUT2D eigenvalue weighted by Gasteiger charge is 2.16. The van der Waals surface area contributed by atoms with Gasteiger partial charge >= 0.3 is 5.97 Å². The van der Waals surface area contributed by atoms with Crippen molar-refractivity contribution in [2.75, 3.05) is 25.6 Å². The van der Waals surface area contributed by atoms with Crippen LogP contribution in [0.4, 0.5) is 0 Å². The average Bonchev–Trinajstić information content (AvgIpc) is 2.65. The molecule has 0 saturated heterocycles. The first-order valence-corrected chi connectivity index (χ1v) is 8.95. The number of thioether (sulfide) groups is 1. The average molecular weight is 379 g/mol. The van der Waals surface area contributed by atoms with E-state index in [4.69, 9.17) is 25.8 Å². The van der Waals surface area contributed by atoms with Crippen molar-refractivity contribution in [1.82, 2.24) is 0 Å². The standard InChI is InChI=1S/C18H15ClO5S/c19-13-2-4-14(5-3-13)25-11-18(21)24-10-15(20)12-1-6-16-17(9-12)23-8-7-22-16/h1-6,9H,7-8,10-11H2. The Kier molecular flexibility index (Phi) is 5.83. The summed E-state index contributed by atoms with van der Waals surface area (Å²) in [5.41, 5.74) is 0.419. The van der Waals surface area contributed by atoms with Crippen LogP contribution in [0.2, 0.25) is 5.02 Å². The molecule has 2 aromatic carbocycles. The van der Waals surface area contributed by atoms with Gasteiger partial charge in [-0.25, -0.2) is 0 Å². The molecule has 0 radical (unpaired) electrons. The van der Waals surface area contributed by atoms with Gasteiger partial charge in [0.2, 0.25) is 0 Å². The number of benzene rings is 2. The van der Waals surface area contributed by atoms with E-state index < -0.39 is 5.97 Å². The summed E-state index contributed by atoms with van der Waals surface area (Å²) < 4.78 is 15.9. The summed E-state index contributed by atoms with van der Waals surface area (Å²) in [6.45, 7) is 0.629. The summed E-state index contributed by atoms with van der Waals surface area (Å²) in [6, 6.07) is 12.1. The molecule has 3 rings (SSSR count). The van der Waals surface area contributed by atoms with E-state index in [1.165, 1.54) is 11.8 Å². The fourth-order valence-electron chi connectivity index (χ4n) is 2.16. The molecule has 1 aliphatic heterocycles. The first-order valence-electron chi connectivity index (χ1n) is 7.58. The van der Waals surface area contributed by atoms with Gasteiger partial charge < -0.3 is 14.2 Å². The third-order valence-corrected chi connectivity index (χ3v) is 4.64. The molecule has 5 nitrogen and oxygen atoms in total. The smallest absolute Gasteiger partial charge is 0.316 e. The van der Waals surface area contributed by atoms with Gasteiger partial charge in [0.25, 0.3) is 0 Å². The van der Waals surface area contributed by atoms with E-state index in [0.29, 0.717) is 35.3 Å². The van der Waals surface area contributed by atoms with Crippen LogP contribution in [0.25, 0.3) is 0 Å². The monoisotopic (exact) mass is 378 g/mol. The predicted molar refractivity (Wildman–Crippen MR) is 94.9 cm³/mol. The fraction of sp³-hybridized carbons (Fsp3) is 0.222. The number of ketones is 1. The molecule has 2 aromatic rings. The van der Waals surface area contributed by atoms with E-state index in [2.05, 4.69) is 0 Å². The molecule has 0 aliphatic carbocycles. The second-order valence-corrected chi connectivity index (χ2v) is 6.67. The second-order valence-electron chi connectivity index (χ2n) is 5.18. The molecule has 25 heavy (non-hydrogen) atoms. The Morgan fingerprint density at radius 3 is 2.52 bits per heavy atom. The van der Waals surface area contributed by atoms with Crippen molar-refractivity contribution in [3.05, 3.63) is 53.1 Å². The number of fused-ring (bicyclic) bond motifs is 1. The van der Waals surface area contributed by atoms with Crippen molar-refractivity contribution in [2.45, 2.75) is 4.90 Å². The highest BCUT2D eigenvalue weighted by atomic mass is 35.5. The molecule has 1 aliphatic rings. The lowest BCUT2D eigenvalue weighted by Crippen LogP contribution is -2.18. The predicted octanol–water partition coefficient (Wildman–Crippen LogP) is 3.63. The topological polar surface area (TPSA) is 61.8 Å². The molecule has 0 fully saturated rings. The van der Waals surface area contributed by atoms with Crippen molar-refractivity contribution >= 4 is 35.1 Å². The zero-order chi connectivity index (χ0) is 17.6. The fourth-order valence-corrected chi connectivity index (χ4v) is 2.98. The molecule has 7 heteroatoms. The Morgan fingerprint density at radius 1 is 1.04 bits per heavy atom. The van der Waals surface area contributed by atoms with E-state index in [9.17, 15) is 9.59 Å². The van der Waals surface area contributed by atoms with Crippen LogP contribution in [0.1, 0.15) is 10.4 Å².